The Hall–Kier alpha value is -1.57. The van der Waals surface area contributed by atoms with E-state index in [9.17, 15) is 4.79 Å². The minimum atomic E-state index is -0.378. The molecule has 0 unspecified atom stereocenters. The molecule has 16 heavy (non-hydrogen) atoms. The second-order valence-electron chi connectivity index (χ2n) is 4.27. The minimum absolute atomic E-state index is 0.378. The van der Waals surface area contributed by atoms with Gasteiger partial charge in [0.25, 0.3) is 0 Å². The lowest BCUT2D eigenvalue weighted by molar-refractivity contribution is -0.133. The zero-order valence-electron chi connectivity index (χ0n) is 10.1. The number of carbonyl (C=O) groups is 1. The molecular formula is C14H18O2. The molecule has 0 N–H and O–H groups in total. The van der Waals surface area contributed by atoms with Crippen LogP contribution in [0.15, 0.2) is 30.8 Å². The average molecular weight is 218 g/mol. The standard InChI is InChI=1S/C14H18O2/c1-10(2)9-12-5-7-13(8-6-12)11(3)14(15)16-4/h5-8,10H,3,9H2,1-2,4H3. The van der Waals surface area contributed by atoms with Crippen molar-refractivity contribution >= 4 is 11.5 Å². The van der Waals surface area contributed by atoms with Crippen LogP contribution in [0.1, 0.15) is 25.0 Å². The molecule has 1 rings (SSSR count). The van der Waals surface area contributed by atoms with E-state index >= 15 is 0 Å². The third-order valence-electron chi connectivity index (χ3n) is 2.38. The number of ether oxygens (including phenoxy) is 1. The van der Waals surface area contributed by atoms with Crippen LogP contribution in [0, 0.1) is 5.92 Å². The first-order valence-electron chi connectivity index (χ1n) is 5.41. The fourth-order valence-corrected chi connectivity index (χ4v) is 1.55. The third kappa shape index (κ3) is 3.23. The number of benzene rings is 1. The zero-order valence-corrected chi connectivity index (χ0v) is 10.1. The number of esters is 1. The van der Waals surface area contributed by atoms with Crippen LogP contribution in [0.3, 0.4) is 0 Å². The van der Waals surface area contributed by atoms with E-state index in [1.807, 2.05) is 24.3 Å². The lowest BCUT2D eigenvalue weighted by atomic mass is 10.00. The van der Waals surface area contributed by atoms with Crippen LogP contribution in [-0.2, 0) is 16.0 Å². The quantitative estimate of drug-likeness (QED) is 0.573. The second kappa shape index (κ2) is 5.50. The highest BCUT2D eigenvalue weighted by Crippen LogP contribution is 2.16. The van der Waals surface area contributed by atoms with Gasteiger partial charge in [-0.1, -0.05) is 44.7 Å². The molecule has 0 radical (unpaired) electrons. The Morgan fingerprint density at radius 2 is 1.88 bits per heavy atom. The summed E-state index contributed by atoms with van der Waals surface area (Å²) in [7, 11) is 1.36. The van der Waals surface area contributed by atoms with E-state index in [4.69, 9.17) is 0 Å². The van der Waals surface area contributed by atoms with Crippen molar-refractivity contribution in [3.63, 3.8) is 0 Å². The minimum Gasteiger partial charge on any atom is -0.465 e. The molecule has 0 bridgehead atoms. The Morgan fingerprint density at radius 1 is 1.31 bits per heavy atom. The maximum atomic E-state index is 11.3. The van der Waals surface area contributed by atoms with Gasteiger partial charge in [0.2, 0.25) is 0 Å². The van der Waals surface area contributed by atoms with Gasteiger partial charge in [0.15, 0.2) is 0 Å². The molecule has 2 heteroatoms. The molecule has 0 atom stereocenters. The summed E-state index contributed by atoms with van der Waals surface area (Å²) in [5, 5.41) is 0. The Bertz CT molecular complexity index is 374. The van der Waals surface area contributed by atoms with Gasteiger partial charge in [-0.05, 0) is 23.5 Å². The van der Waals surface area contributed by atoms with Crippen molar-refractivity contribution in [2.24, 2.45) is 5.92 Å². The van der Waals surface area contributed by atoms with Gasteiger partial charge in [0, 0.05) is 0 Å². The molecule has 0 aliphatic heterocycles. The van der Waals surface area contributed by atoms with Gasteiger partial charge in [0.1, 0.15) is 0 Å². The van der Waals surface area contributed by atoms with Crippen molar-refractivity contribution in [3.05, 3.63) is 42.0 Å². The monoisotopic (exact) mass is 218 g/mol. The number of rotatable bonds is 4. The average Bonchev–Trinajstić information content (AvgIpc) is 2.27. The van der Waals surface area contributed by atoms with Gasteiger partial charge in [-0.2, -0.15) is 0 Å². The van der Waals surface area contributed by atoms with Gasteiger partial charge in [-0.3, -0.25) is 0 Å². The van der Waals surface area contributed by atoms with E-state index in [0.29, 0.717) is 11.5 Å². The molecule has 0 heterocycles. The predicted octanol–water partition coefficient (Wildman–Crippen LogP) is 3.07. The van der Waals surface area contributed by atoms with E-state index in [2.05, 4.69) is 25.2 Å². The van der Waals surface area contributed by atoms with Crippen LogP contribution < -0.4 is 0 Å². The van der Waals surface area contributed by atoms with Crippen molar-refractivity contribution in [1.82, 2.24) is 0 Å². The van der Waals surface area contributed by atoms with E-state index in [0.717, 1.165) is 12.0 Å². The molecule has 1 aromatic rings. The zero-order chi connectivity index (χ0) is 12.1. The normalized spacial score (nSPS) is 10.2. The molecule has 2 nitrogen and oxygen atoms in total. The first-order chi connectivity index (χ1) is 7.54. The van der Waals surface area contributed by atoms with Crippen molar-refractivity contribution in [1.29, 1.82) is 0 Å². The van der Waals surface area contributed by atoms with E-state index < -0.39 is 0 Å². The van der Waals surface area contributed by atoms with Crippen molar-refractivity contribution in [3.8, 4) is 0 Å². The lowest BCUT2D eigenvalue weighted by Crippen LogP contribution is -2.02. The van der Waals surface area contributed by atoms with Gasteiger partial charge in [-0.25, -0.2) is 4.79 Å². The number of carbonyl (C=O) groups excluding carboxylic acids is 1. The van der Waals surface area contributed by atoms with Crippen molar-refractivity contribution in [2.45, 2.75) is 20.3 Å². The molecule has 0 aliphatic carbocycles. The van der Waals surface area contributed by atoms with Gasteiger partial charge in [-0.15, -0.1) is 0 Å². The fraction of sp³-hybridized carbons (Fsp3) is 0.357. The Kier molecular flexibility index (Phi) is 4.29. The third-order valence-corrected chi connectivity index (χ3v) is 2.38. The molecule has 0 amide bonds. The van der Waals surface area contributed by atoms with Crippen LogP contribution in [0.4, 0.5) is 0 Å². The summed E-state index contributed by atoms with van der Waals surface area (Å²) in [6.45, 7) is 8.08. The Labute approximate surface area is 96.9 Å². The highest BCUT2D eigenvalue weighted by Gasteiger charge is 2.08. The van der Waals surface area contributed by atoms with Crippen LogP contribution in [0.5, 0.6) is 0 Å². The maximum Gasteiger partial charge on any atom is 0.337 e. The first kappa shape index (κ1) is 12.5. The molecule has 0 aliphatic rings. The molecule has 0 aromatic heterocycles. The topological polar surface area (TPSA) is 26.3 Å². The highest BCUT2D eigenvalue weighted by atomic mass is 16.5. The lowest BCUT2D eigenvalue weighted by Gasteiger charge is -2.07. The predicted molar refractivity (Wildman–Crippen MR) is 66.0 cm³/mol. The molecule has 86 valence electrons. The summed E-state index contributed by atoms with van der Waals surface area (Å²) in [5.41, 5.74) is 2.49. The largest absolute Gasteiger partial charge is 0.465 e. The van der Waals surface area contributed by atoms with Gasteiger partial charge >= 0.3 is 5.97 Å². The number of hydrogen-bond donors (Lipinski definition) is 0. The molecule has 0 spiro atoms. The van der Waals surface area contributed by atoms with Crippen LogP contribution in [-0.4, -0.2) is 13.1 Å². The summed E-state index contributed by atoms with van der Waals surface area (Å²) >= 11 is 0. The molecule has 0 saturated carbocycles. The summed E-state index contributed by atoms with van der Waals surface area (Å²) in [6.07, 6.45) is 1.05. The maximum absolute atomic E-state index is 11.3. The SMILES string of the molecule is C=C(C(=O)OC)c1ccc(CC(C)C)cc1. The van der Waals surface area contributed by atoms with Crippen molar-refractivity contribution in [2.75, 3.05) is 7.11 Å². The Morgan fingerprint density at radius 3 is 2.31 bits per heavy atom. The Balaban J connectivity index is 2.78. The summed E-state index contributed by atoms with van der Waals surface area (Å²) in [5.74, 6) is 0.256. The first-order valence-corrected chi connectivity index (χ1v) is 5.41. The van der Waals surface area contributed by atoms with Crippen molar-refractivity contribution < 1.29 is 9.53 Å². The van der Waals surface area contributed by atoms with E-state index in [1.54, 1.807) is 0 Å². The van der Waals surface area contributed by atoms with Gasteiger partial charge < -0.3 is 4.74 Å². The summed E-state index contributed by atoms with van der Waals surface area (Å²) in [6, 6.07) is 7.89. The van der Waals surface area contributed by atoms with Crippen LogP contribution in [0.25, 0.3) is 5.57 Å². The van der Waals surface area contributed by atoms with E-state index in [-0.39, 0.29) is 5.97 Å². The smallest absolute Gasteiger partial charge is 0.337 e. The molecule has 0 fully saturated rings. The molecular weight excluding hydrogens is 200 g/mol. The second-order valence-corrected chi connectivity index (χ2v) is 4.27. The van der Waals surface area contributed by atoms with E-state index in [1.165, 1.54) is 12.7 Å². The van der Waals surface area contributed by atoms with Crippen LogP contribution >= 0.6 is 0 Å². The molecule has 0 saturated heterocycles. The number of methoxy groups -OCH3 is 1. The highest BCUT2D eigenvalue weighted by molar-refractivity contribution is 6.15. The van der Waals surface area contributed by atoms with Gasteiger partial charge in [0.05, 0.1) is 12.7 Å². The molecule has 1 aromatic carbocycles. The van der Waals surface area contributed by atoms with Crippen LogP contribution in [0.2, 0.25) is 0 Å². The summed E-state index contributed by atoms with van der Waals surface area (Å²) in [4.78, 5) is 11.3. The number of hydrogen-bond acceptors (Lipinski definition) is 2. The summed E-state index contributed by atoms with van der Waals surface area (Å²) < 4.78 is 4.62. The fourth-order valence-electron chi connectivity index (χ4n) is 1.55.